The van der Waals surface area contributed by atoms with Crippen molar-refractivity contribution >= 4 is 23.1 Å². The molecule has 1 aromatic rings. The van der Waals surface area contributed by atoms with E-state index in [-0.39, 0.29) is 18.1 Å². The van der Waals surface area contributed by atoms with Gasteiger partial charge < -0.3 is 5.73 Å². The van der Waals surface area contributed by atoms with E-state index in [0.717, 1.165) is 0 Å². The van der Waals surface area contributed by atoms with Crippen LogP contribution in [0.2, 0.25) is 0 Å². The number of carbonyl (C=O) groups is 1. The average molecular weight is 209 g/mol. The molecule has 0 unspecified atom stereocenters. The first-order chi connectivity index (χ1) is 6.69. The van der Waals surface area contributed by atoms with Gasteiger partial charge in [-0.1, -0.05) is 12.1 Å². The van der Waals surface area contributed by atoms with E-state index in [0.29, 0.717) is 16.8 Å². The summed E-state index contributed by atoms with van der Waals surface area (Å²) in [6.07, 6.45) is 0.164. The van der Waals surface area contributed by atoms with Gasteiger partial charge in [-0.15, -0.1) is 11.6 Å². The van der Waals surface area contributed by atoms with E-state index in [4.69, 9.17) is 22.6 Å². The number of hydrogen-bond acceptors (Lipinski definition) is 3. The van der Waals surface area contributed by atoms with Crippen LogP contribution in [-0.4, -0.2) is 11.7 Å². The number of benzene rings is 1. The summed E-state index contributed by atoms with van der Waals surface area (Å²) in [5.74, 6) is -0.159. The summed E-state index contributed by atoms with van der Waals surface area (Å²) in [5, 5.41) is 8.81. The molecule has 0 spiro atoms. The Kier molecular flexibility index (Phi) is 3.49. The first-order valence-electron chi connectivity index (χ1n) is 4.04. The van der Waals surface area contributed by atoms with Crippen molar-refractivity contribution in [2.45, 2.75) is 6.42 Å². The van der Waals surface area contributed by atoms with Crippen LogP contribution in [0.25, 0.3) is 0 Å². The predicted molar refractivity (Wildman–Crippen MR) is 55.0 cm³/mol. The van der Waals surface area contributed by atoms with Gasteiger partial charge in [0, 0.05) is 12.1 Å². The van der Waals surface area contributed by atoms with Crippen LogP contribution < -0.4 is 5.73 Å². The number of ketones is 1. The molecule has 2 N–H and O–H groups in total. The second kappa shape index (κ2) is 4.64. The summed E-state index contributed by atoms with van der Waals surface area (Å²) in [6.45, 7) is 0. The highest BCUT2D eigenvalue weighted by molar-refractivity contribution is 6.27. The van der Waals surface area contributed by atoms with Gasteiger partial charge in [0.25, 0.3) is 0 Å². The molecule has 0 aliphatic rings. The molecule has 0 saturated heterocycles. The number of hydrogen-bond donors (Lipinski definition) is 1. The minimum atomic E-state index is -0.117. The summed E-state index contributed by atoms with van der Waals surface area (Å²) in [6, 6.07) is 7.03. The molecule has 1 aromatic carbocycles. The quantitative estimate of drug-likeness (QED) is 0.605. The highest BCUT2D eigenvalue weighted by Crippen LogP contribution is 2.16. The molecule has 4 heteroatoms. The lowest BCUT2D eigenvalue weighted by Gasteiger charge is -2.03. The SMILES string of the molecule is N#Cc1c(N)cccc1CC(=O)CCl. The normalized spacial score (nSPS) is 9.43. The molecule has 72 valence electrons. The Hall–Kier alpha value is -1.53. The van der Waals surface area contributed by atoms with Gasteiger partial charge in [0.15, 0.2) is 5.78 Å². The van der Waals surface area contributed by atoms with Gasteiger partial charge in [-0.05, 0) is 11.6 Å². The molecule has 0 heterocycles. The zero-order valence-corrected chi connectivity index (χ0v) is 8.21. The predicted octanol–water partition coefficient (Wildman–Crippen LogP) is 1.49. The minimum Gasteiger partial charge on any atom is -0.398 e. The zero-order chi connectivity index (χ0) is 10.6. The summed E-state index contributed by atoms with van der Waals surface area (Å²) < 4.78 is 0. The number of halogens is 1. The molecule has 1 rings (SSSR count). The highest BCUT2D eigenvalue weighted by atomic mass is 35.5. The van der Waals surface area contributed by atoms with Gasteiger partial charge in [0.2, 0.25) is 0 Å². The molecule has 3 nitrogen and oxygen atoms in total. The van der Waals surface area contributed by atoms with Crippen molar-refractivity contribution < 1.29 is 4.79 Å². The van der Waals surface area contributed by atoms with E-state index >= 15 is 0 Å². The summed E-state index contributed by atoms with van der Waals surface area (Å²) in [7, 11) is 0. The van der Waals surface area contributed by atoms with E-state index in [1.165, 1.54) is 0 Å². The van der Waals surface area contributed by atoms with Gasteiger partial charge in [-0.3, -0.25) is 4.79 Å². The first kappa shape index (κ1) is 10.6. The minimum absolute atomic E-state index is 0.0420. The summed E-state index contributed by atoms with van der Waals surface area (Å²) in [5.41, 5.74) is 6.98. The van der Waals surface area contributed by atoms with E-state index in [1.54, 1.807) is 18.2 Å². The summed E-state index contributed by atoms with van der Waals surface area (Å²) in [4.78, 5) is 11.1. The molecular formula is C10H9ClN2O. The molecule has 0 saturated carbocycles. The fraction of sp³-hybridized carbons (Fsp3) is 0.200. The van der Waals surface area contributed by atoms with Crippen LogP contribution in [0.5, 0.6) is 0 Å². The Morgan fingerprint density at radius 2 is 2.29 bits per heavy atom. The standard InChI is InChI=1S/C10H9ClN2O/c11-5-8(14)4-7-2-1-3-10(13)9(7)6-12/h1-3H,4-5,13H2. The molecule has 0 fully saturated rings. The largest absolute Gasteiger partial charge is 0.398 e. The first-order valence-corrected chi connectivity index (χ1v) is 4.57. The van der Waals surface area contributed by atoms with Crippen LogP contribution in [-0.2, 0) is 11.2 Å². The third-order valence-electron chi connectivity index (χ3n) is 1.83. The lowest BCUT2D eigenvalue weighted by Crippen LogP contribution is -2.06. The Bertz CT molecular complexity index is 396. The fourth-order valence-electron chi connectivity index (χ4n) is 1.16. The van der Waals surface area contributed by atoms with Crippen molar-refractivity contribution in [2.75, 3.05) is 11.6 Å². The second-order valence-corrected chi connectivity index (χ2v) is 3.11. The fourth-order valence-corrected chi connectivity index (χ4v) is 1.26. The number of nitrogen functional groups attached to an aromatic ring is 1. The molecule has 0 amide bonds. The van der Waals surface area contributed by atoms with Crippen LogP contribution >= 0.6 is 11.6 Å². The highest BCUT2D eigenvalue weighted by Gasteiger charge is 2.08. The second-order valence-electron chi connectivity index (χ2n) is 2.84. The van der Waals surface area contributed by atoms with Crippen molar-refractivity contribution in [3.05, 3.63) is 29.3 Å². The number of nitriles is 1. The Labute approximate surface area is 87.1 Å². The van der Waals surface area contributed by atoms with Crippen molar-refractivity contribution in [3.8, 4) is 6.07 Å². The number of alkyl halides is 1. The maximum atomic E-state index is 11.1. The van der Waals surface area contributed by atoms with Crippen molar-refractivity contribution in [3.63, 3.8) is 0 Å². The third-order valence-corrected chi connectivity index (χ3v) is 2.13. The van der Waals surface area contributed by atoms with Gasteiger partial charge in [0.1, 0.15) is 6.07 Å². The maximum absolute atomic E-state index is 11.1. The molecular weight excluding hydrogens is 200 g/mol. The number of carbonyl (C=O) groups excluding carboxylic acids is 1. The van der Waals surface area contributed by atoms with E-state index in [2.05, 4.69) is 0 Å². The number of nitrogens with two attached hydrogens (primary N) is 1. The number of rotatable bonds is 3. The van der Waals surface area contributed by atoms with E-state index < -0.39 is 0 Å². The molecule has 14 heavy (non-hydrogen) atoms. The Morgan fingerprint density at radius 1 is 1.57 bits per heavy atom. The monoisotopic (exact) mass is 208 g/mol. The lowest BCUT2D eigenvalue weighted by atomic mass is 10.0. The lowest BCUT2D eigenvalue weighted by molar-refractivity contribution is -0.116. The Morgan fingerprint density at radius 3 is 2.86 bits per heavy atom. The van der Waals surface area contributed by atoms with Gasteiger partial charge >= 0.3 is 0 Å². The topological polar surface area (TPSA) is 66.9 Å². The molecule has 0 atom stereocenters. The van der Waals surface area contributed by atoms with Crippen LogP contribution in [0.1, 0.15) is 11.1 Å². The van der Waals surface area contributed by atoms with Crippen molar-refractivity contribution in [1.82, 2.24) is 0 Å². The third kappa shape index (κ3) is 2.24. The van der Waals surface area contributed by atoms with Crippen molar-refractivity contribution in [2.24, 2.45) is 0 Å². The Balaban J connectivity index is 3.04. The van der Waals surface area contributed by atoms with Gasteiger partial charge in [-0.25, -0.2) is 0 Å². The molecule has 0 radical (unpaired) electrons. The molecule has 0 aliphatic carbocycles. The number of anilines is 1. The number of nitrogens with zero attached hydrogens (tertiary/aromatic N) is 1. The molecule has 0 aromatic heterocycles. The molecule has 0 bridgehead atoms. The average Bonchev–Trinajstić information content (AvgIpc) is 2.18. The number of Topliss-reactive ketones (excluding diaryl/α,β-unsaturated/α-hetero) is 1. The van der Waals surface area contributed by atoms with Crippen LogP contribution in [0.3, 0.4) is 0 Å². The summed E-state index contributed by atoms with van der Waals surface area (Å²) >= 11 is 5.37. The van der Waals surface area contributed by atoms with E-state index in [9.17, 15) is 4.79 Å². The van der Waals surface area contributed by atoms with Crippen LogP contribution in [0.4, 0.5) is 5.69 Å². The van der Waals surface area contributed by atoms with Crippen molar-refractivity contribution in [1.29, 1.82) is 5.26 Å². The smallest absolute Gasteiger partial charge is 0.151 e. The van der Waals surface area contributed by atoms with Gasteiger partial charge in [0.05, 0.1) is 11.4 Å². The van der Waals surface area contributed by atoms with Crippen LogP contribution in [0, 0.1) is 11.3 Å². The van der Waals surface area contributed by atoms with E-state index in [1.807, 2.05) is 6.07 Å². The van der Waals surface area contributed by atoms with Gasteiger partial charge in [-0.2, -0.15) is 5.26 Å². The molecule has 0 aliphatic heterocycles. The van der Waals surface area contributed by atoms with Crippen LogP contribution in [0.15, 0.2) is 18.2 Å². The maximum Gasteiger partial charge on any atom is 0.151 e. The zero-order valence-electron chi connectivity index (χ0n) is 7.46.